The predicted octanol–water partition coefficient (Wildman–Crippen LogP) is 5.09. The van der Waals surface area contributed by atoms with Gasteiger partial charge in [0.25, 0.3) is 0 Å². The molecule has 3 aromatic carbocycles. The molecule has 0 saturated carbocycles. The Hall–Kier alpha value is -3.27. The van der Waals surface area contributed by atoms with Crippen LogP contribution in [0.15, 0.2) is 72.8 Å². The SMILES string of the molecule is CN(C)c1ccc(-c2nc3ccc(Oc4ccccc4)cc3[nH]2)cc1. The van der Waals surface area contributed by atoms with Gasteiger partial charge in [0, 0.05) is 31.4 Å². The molecule has 0 aliphatic heterocycles. The molecule has 0 fully saturated rings. The Morgan fingerprint density at radius 1 is 0.840 bits per heavy atom. The van der Waals surface area contributed by atoms with Crippen LogP contribution in [0, 0.1) is 0 Å². The van der Waals surface area contributed by atoms with Gasteiger partial charge in [0.15, 0.2) is 0 Å². The van der Waals surface area contributed by atoms with Crippen molar-refractivity contribution in [3.8, 4) is 22.9 Å². The number of imidazole rings is 1. The zero-order valence-electron chi connectivity index (χ0n) is 14.2. The lowest BCUT2D eigenvalue weighted by Crippen LogP contribution is -2.07. The Bertz CT molecular complexity index is 989. The van der Waals surface area contributed by atoms with Crippen LogP contribution < -0.4 is 9.64 Å². The molecule has 1 N–H and O–H groups in total. The lowest BCUT2D eigenvalue weighted by molar-refractivity contribution is 0.483. The van der Waals surface area contributed by atoms with Crippen molar-refractivity contribution in [2.75, 3.05) is 19.0 Å². The van der Waals surface area contributed by atoms with Gasteiger partial charge >= 0.3 is 0 Å². The highest BCUT2D eigenvalue weighted by molar-refractivity contribution is 5.81. The summed E-state index contributed by atoms with van der Waals surface area (Å²) in [6.45, 7) is 0. The molecule has 0 bridgehead atoms. The van der Waals surface area contributed by atoms with Crippen molar-refractivity contribution in [2.45, 2.75) is 0 Å². The fourth-order valence-electron chi connectivity index (χ4n) is 2.73. The van der Waals surface area contributed by atoms with Gasteiger partial charge < -0.3 is 14.6 Å². The number of fused-ring (bicyclic) bond motifs is 1. The predicted molar refractivity (Wildman–Crippen MR) is 102 cm³/mol. The molecular weight excluding hydrogens is 310 g/mol. The van der Waals surface area contributed by atoms with Gasteiger partial charge in [-0.2, -0.15) is 0 Å². The van der Waals surface area contributed by atoms with E-state index in [2.05, 4.69) is 39.1 Å². The minimum atomic E-state index is 0.789. The fraction of sp³-hybridized carbons (Fsp3) is 0.0952. The smallest absolute Gasteiger partial charge is 0.138 e. The van der Waals surface area contributed by atoms with Crippen LogP contribution in [0.4, 0.5) is 5.69 Å². The standard InChI is InChI=1S/C21H19N3O/c1-24(2)16-10-8-15(9-11-16)21-22-19-13-12-18(14-20(19)23-21)25-17-6-4-3-5-7-17/h3-14H,1-2H3,(H,22,23). The first kappa shape index (κ1) is 15.3. The third-order valence-corrected chi connectivity index (χ3v) is 4.09. The van der Waals surface area contributed by atoms with Gasteiger partial charge in [0.1, 0.15) is 17.3 Å². The Morgan fingerprint density at radius 3 is 2.32 bits per heavy atom. The summed E-state index contributed by atoms with van der Waals surface area (Å²) in [5, 5.41) is 0. The van der Waals surface area contributed by atoms with Crippen LogP contribution in [-0.2, 0) is 0 Å². The van der Waals surface area contributed by atoms with E-state index in [-0.39, 0.29) is 0 Å². The number of benzene rings is 3. The van der Waals surface area contributed by atoms with E-state index in [4.69, 9.17) is 4.74 Å². The average Bonchev–Trinajstić information content (AvgIpc) is 3.06. The number of nitrogens with zero attached hydrogens (tertiary/aromatic N) is 2. The summed E-state index contributed by atoms with van der Waals surface area (Å²) < 4.78 is 5.89. The monoisotopic (exact) mass is 329 g/mol. The van der Waals surface area contributed by atoms with Gasteiger partial charge in [0.2, 0.25) is 0 Å². The van der Waals surface area contributed by atoms with Crippen molar-refractivity contribution >= 4 is 16.7 Å². The van der Waals surface area contributed by atoms with Crippen molar-refractivity contribution < 1.29 is 4.74 Å². The van der Waals surface area contributed by atoms with E-state index in [1.807, 2.05) is 62.6 Å². The maximum atomic E-state index is 5.89. The van der Waals surface area contributed by atoms with Crippen molar-refractivity contribution in [3.05, 3.63) is 72.8 Å². The zero-order chi connectivity index (χ0) is 17.2. The van der Waals surface area contributed by atoms with Crippen LogP contribution in [-0.4, -0.2) is 24.1 Å². The summed E-state index contributed by atoms with van der Waals surface area (Å²) in [4.78, 5) is 10.1. The summed E-state index contributed by atoms with van der Waals surface area (Å²) >= 11 is 0. The molecule has 0 aliphatic rings. The van der Waals surface area contributed by atoms with Gasteiger partial charge in [-0.15, -0.1) is 0 Å². The Kier molecular flexibility index (Phi) is 3.86. The van der Waals surface area contributed by atoms with Crippen LogP contribution in [0.2, 0.25) is 0 Å². The van der Waals surface area contributed by atoms with Crippen molar-refractivity contribution in [1.82, 2.24) is 9.97 Å². The van der Waals surface area contributed by atoms with Crippen LogP contribution in [0.5, 0.6) is 11.5 Å². The first-order valence-corrected chi connectivity index (χ1v) is 8.19. The molecular formula is C21H19N3O. The molecule has 0 saturated heterocycles. The molecule has 4 aromatic rings. The normalized spacial score (nSPS) is 10.8. The molecule has 0 aliphatic carbocycles. The van der Waals surface area contributed by atoms with Crippen LogP contribution in [0.25, 0.3) is 22.4 Å². The number of ether oxygens (including phenoxy) is 1. The number of hydrogen-bond donors (Lipinski definition) is 1. The van der Waals surface area contributed by atoms with E-state index < -0.39 is 0 Å². The van der Waals surface area contributed by atoms with Gasteiger partial charge in [-0.1, -0.05) is 18.2 Å². The molecule has 124 valence electrons. The number of anilines is 1. The largest absolute Gasteiger partial charge is 0.457 e. The topological polar surface area (TPSA) is 41.2 Å². The number of nitrogens with one attached hydrogen (secondary N) is 1. The molecule has 0 unspecified atom stereocenters. The Labute approximate surface area is 146 Å². The van der Waals surface area contributed by atoms with E-state index in [9.17, 15) is 0 Å². The number of H-pyrrole nitrogens is 1. The number of para-hydroxylation sites is 1. The molecule has 4 nitrogen and oxygen atoms in total. The second kappa shape index (κ2) is 6.32. The Morgan fingerprint density at radius 2 is 1.60 bits per heavy atom. The second-order valence-electron chi connectivity index (χ2n) is 6.12. The van der Waals surface area contributed by atoms with Crippen molar-refractivity contribution in [2.24, 2.45) is 0 Å². The molecule has 25 heavy (non-hydrogen) atoms. The number of aromatic amines is 1. The van der Waals surface area contributed by atoms with Gasteiger partial charge in [-0.25, -0.2) is 4.98 Å². The highest BCUT2D eigenvalue weighted by Gasteiger charge is 2.07. The molecule has 1 heterocycles. The average molecular weight is 329 g/mol. The summed E-state index contributed by atoms with van der Waals surface area (Å²) in [6.07, 6.45) is 0. The van der Waals surface area contributed by atoms with Crippen LogP contribution >= 0.6 is 0 Å². The lowest BCUT2D eigenvalue weighted by Gasteiger charge is -2.11. The van der Waals surface area contributed by atoms with Crippen LogP contribution in [0.1, 0.15) is 0 Å². The summed E-state index contributed by atoms with van der Waals surface area (Å²) in [6, 6.07) is 24.0. The third kappa shape index (κ3) is 3.19. The zero-order valence-corrected chi connectivity index (χ0v) is 14.2. The molecule has 4 heteroatoms. The minimum absolute atomic E-state index is 0.789. The first-order chi connectivity index (χ1) is 12.2. The quantitative estimate of drug-likeness (QED) is 0.567. The summed E-state index contributed by atoms with van der Waals surface area (Å²) in [7, 11) is 4.06. The third-order valence-electron chi connectivity index (χ3n) is 4.09. The maximum absolute atomic E-state index is 5.89. The molecule has 0 spiro atoms. The lowest BCUT2D eigenvalue weighted by atomic mass is 10.2. The maximum Gasteiger partial charge on any atom is 0.138 e. The van der Waals surface area contributed by atoms with Gasteiger partial charge in [0.05, 0.1) is 11.0 Å². The molecule has 0 radical (unpaired) electrons. The summed E-state index contributed by atoms with van der Waals surface area (Å²) in [5.74, 6) is 2.47. The number of rotatable bonds is 4. The van der Waals surface area contributed by atoms with Gasteiger partial charge in [-0.3, -0.25) is 0 Å². The van der Waals surface area contributed by atoms with Crippen molar-refractivity contribution in [3.63, 3.8) is 0 Å². The molecule has 1 aromatic heterocycles. The van der Waals surface area contributed by atoms with Crippen molar-refractivity contribution in [1.29, 1.82) is 0 Å². The number of hydrogen-bond acceptors (Lipinski definition) is 3. The second-order valence-corrected chi connectivity index (χ2v) is 6.12. The van der Waals surface area contributed by atoms with E-state index in [0.29, 0.717) is 0 Å². The molecule has 0 amide bonds. The highest BCUT2D eigenvalue weighted by atomic mass is 16.5. The molecule has 4 rings (SSSR count). The highest BCUT2D eigenvalue weighted by Crippen LogP contribution is 2.27. The van der Waals surface area contributed by atoms with Crippen LogP contribution in [0.3, 0.4) is 0 Å². The van der Waals surface area contributed by atoms with Gasteiger partial charge in [-0.05, 0) is 48.5 Å². The Balaban J connectivity index is 1.64. The number of aromatic nitrogens is 2. The minimum Gasteiger partial charge on any atom is -0.457 e. The summed E-state index contributed by atoms with van der Waals surface area (Å²) in [5.41, 5.74) is 4.11. The fourth-order valence-corrected chi connectivity index (χ4v) is 2.73. The first-order valence-electron chi connectivity index (χ1n) is 8.19. The van der Waals surface area contributed by atoms with E-state index in [1.165, 1.54) is 5.69 Å². The molecule has 0 atom stereocenters. The van der Waals surface area contributed by atoms with E-state index >= 15 is 0 Å². The van der Waals surface area contributed by atoms with E-state index in [0.717, 1.165) is 33.9 Å². The van der Waals surface area contributed by atoms with E-state index in [1.54, 1.807) is 0 Å².